The SMILES string of the molecule is O=S(=O)(OC1=CCCc2cc(OCc3ccccc3)ccc21)C(F)(F)F. The molecule has 0 heterocycles. The van der Waals surface area contributed by atoms with Gasteiger partial charge in [0.2, 0.25) is 0 Å². The van der Waals surface area contributed by atoms with E-state index in [0.29, 0.717) is 36.3 Å². The molecule has 26 heavy (non-hydrogen) atoms. The second-order valence-corrected chi connectivity index (χ2v) is 7.22. The van der Waals surface area contributed by atoms with Gasteiger partial charge < -0.3 is 8.92 Å². The minimum atomic E-state index is -5.70. The number of halogens is 3. The topological polar surface area (TPSA) is 52.6 Å². The summed E-state index contributed by atoms with van der Waals surface area (Å²) in [6, 6.07) is 14.3. The molecule has 1 aliphatic carbocycles. The Bertz CT molecular complexity index is 919. The maximum atomic E-state index is 12.5. The first-order valence-electron chi connectivity index (χ1n) is 7.77. The van der Waals surface area contributed by atoms with E-state index in [4.69, 9.17) is 4.74 Å². The summed E-state index contributed by atoms with van der Waals surface area (Å²) in [5, 5.41) is 0. The first-order chi connectivity index (χ1) is 12.3. The van der Waals surface area contributed by atoms with Gasteiger partial charge in [-0.2, -0.15) is 21.6 Å². The fourth-order valence-electron chi connectivity index (χ4n) is 2.56. The van der Waals surface area contributed by atoms with Crippen LogP contribution in [-0.4, -0.2) is 13.9 Å². The third-order valence-corrected chi connectivity index (χ3v) is 4.78. The molecule has 0 spiro atoms. The van der Waals surface area contributed by atoms with Crippen LogP contribution in [0.5, 0.6) is 5.75 Å². The Morgan fingerprint density at radius 1 is 1.04 bits per heavy atom. The van der Waals surface area contributed by atoms with Crippen molar-refractivity contribution in [1.29, 1.82) is 0 Å². The molecule has 3 rings (SSSR count). The van der Waals surface area contributed by atoms with Crippen LogP contribution in [0.4, 0.5) is 13.2 Å². The van der Waals surface area contributed by atoms with Crippen LogP contribution in [0.15, 0.2) is 54.6 Å². The van der Waals surface area contributed by atoms with E-state index in [0.717, 1.165) is 5.56 Å². The fraction of sp³-hybridized carbons (Fsp3) is 0.222. The smallest absolute Gasteiger partial charge is 0.489 e. The molecule has 0 bridgehead atoms. The molecule has 0 aliphatic heterocycles. The molecule has 0 atom stereocenters. The molecule has 0 saturated carbocycles. The third kappa shape index (κ3) is 4.01. The number of allylic oxidation sites excluding steroid dienone is 1. The predicted octanol–water partition coefficient (Wildman–Crippen LogP) is 4.42. The normalized spacial score (nSPS) is 14.3. The lowest BCUT2D eigenvalue weighted by atomic mass is 9.96. The molecule has 0 saturated heterocycles. The highest BCUT2D eigenvalue weighted by Gasteiger charge is 2.49. The Labute approximate surface area is 149 Å². The van der Waals surface area contributed by atoms with E-state index in [-0.39, 0.29) is 5.76 Å². The van der Waals surface area contributed by atoms with Crippen molar-refractivity contribution in [2.75, 3.05) is 0 Å². The van der Waals surface area contributed by atoms with Crippen molar-refractivity contribution < 1.29 is 30.5 Å². The van der Waals surface area contributed by atoms with Gasteiger partial charge in [0.25, 0.3) is 0 Å². The van der Waals surface area contributed by atoms with Crippen molar-refractivity contribution in [2.45, 2.75) is 25.0 Å². The van der Waals surface area contributed by atoms with Crippen LogP contribution < -0.4 is 4.74 Å². The number of hydrogen-bond acceptors (Lipinski definition) is 4. The third-order valence-electron chi connectivity index (χ3n) is 3.82. The number of fused-ring (bicyclic) bond motifs is 1. The monoisotopic (exact) mass is 384 g/mol. The molecule has 0 unspecified atom stereocenters. The summed E-state index contributed by atoms with van der Waals surface area (Å²) in [7, 11) is -5.70. The lowest BCUT2D eigenvalue weighted by Crippen LogP contribution is -2.25. The summed E-state index contributed by atoms with van der Waals surface area (Å²) in [6.07, 6.45) is 2.27. The molecule has 2 aromatic carbocycles. The summed E-state index contributed by atoms with van der Waals surface area (Å²) in [6.45, 7) is 0.348. The minimum absolute atomic E-state index is 0.307. The van der Waals surface area contributed by atoms with Crippen LogP contribution in [0.3, 0.4) is 0 Å². The zero-order valence-corrected chi connectivity index (χ0v) is 14.3. The van der Waals surface area contributed by atoms with Crippen LogP contribution in [0.2, 0.25) is 0 Å². The Kier molecular flexibility index (Phi) is 4.95. The second kappa shape index (κ2) is 7.03. The number of alkyl halides is 3. The number of benzene rings is 2. The average Bonchev–Trinajstić information content (AvgIpc) is 2.59. The lowest BCUT2D eigenvalue weighted by Gasteiger charge is -2.19. The van der Waals surface area contributed by atoms with Crippen molar-refractivity contribution in [3.05, 3.63) is 71.3 Å². The van der Waals surface area contributed by atoms with Crippen molar-refractivity contribution in [2.24, 2.45) is 0 Å². The van der Waals surface area contributed by atoms with E-state index in [9.17, 15) is 21.6 Å². The minimum Gasteiger partial charge on any atom is -0.489 e. The van der Waals surface area contributed by atoms with Crippen LogP contribution in [0.1, 0.15) is 23.1 Å². The highest BCUT2D eigenvalue weighted by atomic mass is 32.2. The molecule has 0 fully saturated rings. The number of ether oxygens (including phenoxy) is 1. The first-order valence-corrected chi connectivity index (χ1v) is 9.18. The highest BCUT2D eigenvalue weighted by molar-refractivity contribution is 7.87. The van der Waals surface area contributed by atoms with Crippen LogP contribution in [-0.2, 0) is 27.3 Å². The van der Waals surface area contributed by atoms with Crippen molar-refractivity contribution >= 4 is 15.9 Å². The number of aryl methyl sites for hydroxylation is 1. The van der Waals surface area contributed by atoms with Gasteiger partial charge in [-0.05, 0) is 48.2 Å². The van der Waals surface area contributed by atoms with E-state index in [1.165, 1.54) is 12.1 Å². The molecule has 0 amide bonds. The number of rotatable bonds is 5. The van der Waals surface area contributed by atoms with Gasteiger partial charge in [0.05, 0.1) is 0 Å². The summed E-state index contributed by atoms with van der Waals surface area (Å²) < 4.78 is 70.1. The quantitative estimate of drug-likeness (QED) is 0.566. The van der Waals surface area contributed by atoms with Gasteiger partial charge in [-0.25, -0.2) is 0 Å². The van der Waals surface area contributed by atoms with Gasteiger partial charge >= 0.3 is 15.6 Å². The highest BCUT2D eigenvalue weighted by Crippen LogP contribution is 2.35. The van der Waals surface area contributed by atoms with Gasteiger partial charge in [-0.1, -0.05) is 30.3 Å². The Hall–Kier alpha value is -2.48. The van der Waals surface area contributed by atoms with E-state index >= 15 is 0 Å². The van der Waals surface area contributed by atoms with Crippen molar-refractivity contribution in [3.8, 4) is 5.75 Å². The van der Waals surface area contributed by atoms with Crippen molar-refractivity contribution in [1.82, 2.24) is 0 Å². The number of hydrogen-bond donors (Lipinski definition) is 0. The zero-order valence-electron chi connectivity index (χ0n) is 13.5. The summed E-state index contributed by atoms with van der Waals surface area (Å²) >= 11 is 0. The van der Waals surface area contributed by atoms with Gasteiger partial charge in [-0.15, -0.1) is 0 Å². The first kappa shape index (κ1) is 18.3. The maximum absolute atomic E-state index is 12.5. The standard InChI is InChI=1S/C18H15F3O4S/c19-18(20,21)26(22,23)25-17-8-4-7-14-11-15(9-10-16(14)17)24-12-13-5-2-1-3-6-13/h1-3,5-6,8-11H,4,7,12H2. The molecule has 8 heteroatoms. The van der Waals surface area contributed by atoms with Gasteiger partial charge in [-0.3, -0.25) is 0 Å². The van der Waals surface area contributed by atoms with Crippen LogP contribution >= 0.6 is 0 Å². The van der Waals surface area contributed by atoms with E-state index in [1.807, 2.05) is 30.3 Å². The fourth-order valence-corrected chi connectivity index (χ4v) is 3.05. The molecule has 0 aromatic heterocycles. The molecule has 0 N–H and O–H groups in total. The second-order valence-electron chi connectivity index (χ2n) is 5.68. The summed E-state index contributed by atoms with van der Waals surface area (Å²) in [5.41, 5.74) is -3.50. The average molecular weight is 384 g/mol. The van der Waals surface area contributed by atoms with Gasteiger partial charge in [0.1, 0.15) is 18.1 Å². The van der Waals surface area contributed by atoms with E-state index in [2.05, 4.69) is 4.18 Å². The predicted molar refractivity (Wildman–Crippen MR) is 89.6 cm³/mol. The van der Waals surface area contributed by atoms with E-state index < -0.39 is 15.6 Å². The Balaban J connectivity index is 1.77. The van der Waals surface area contributed by atoms with Crippen LogP contribution in [0, 0.1) is 0 Å². The zero-order chi connectivity index (χ0) is 18.8. The molecular weight excluding hydrogens is 369 g/mol. The van der Waals surface area contributed by atoms with Crippen LogP contribution in [0.25, 0.3) is 5.76 Å². The molecule has 4 nitrogen and oxygen atoms in total. The molecule has 2 aromatic rings. The van der Waals surface area contributed by atoms with Gasteiger partial charge in [0.15, 0.2) is 0 Å². The molecular formula is C18H15F3O4S. The summed E-state index contributed by atoms with van der Waals surface area (Å²) in [5.74, 6) is 0.241. The Morgan fingerprint density at radius 2 is 1.77 bits per heavy atom. The molecule has 1 aliphatic rings. The molecule has 0 radical (unpaired) electrons. The van der Waals surface area contributed by atoms with Gasteiger partial charge in [0, 0.05) is 5.56 Å². The molecule has 138 valence electrons. The lowest BCUT2D eigenvalue weighted by molar-refractivity contribution is -0.0509. The largest absolute Gasteiger partial charge is 0.534 e. The van der Waals surface area contributed by atoms with E-state index in [1.54, 1.807) is 12.1 Å². The maximum Gasteiger partial charge on any atom is 0.534 e. The summed E-state index contributed by atoms with van der Waals surface area (Å²) in [4.78, 5) is 0. The van der Waals surface area contributed by atoms with Crippen molar-refractivity contribution in [3.63, 3.8) is 0 Å². The Morgan fingerprint density at radius 3 is 2.46 bits per heavy atom.